The van der Waals surface area contributed by atoms with Crippen LogP contribution < -0.4 is 4.90 Å². The normalized spacial score (nSPS) is 12.8. The van der Waals surface area contributed by atoms with Crippen LogP contribution in [0.15, 0.2) is 212 Å². The van der Waals surface area contributed by atoms with Gasteiger partial charge in [-0.05, 0) is 119 Å². The minimum absolute atomic E-state index is 0.170. The average Bonchev–Trinajstić information content (AvgIpc) is 3.51. The van der Waals surface area contributed by atoms with Crippen molar-refractivity contribution < 1.29 is 0 Å². The highest BCUT2D eigenvalue weighted by molar-refractivity contribution is 6.08. The quantitative estimate of drug-likeness (QED) is 0.164. The van der Waals surface area contributed by atoms with Crippen LogP contribution >= 0.6 is 0 Å². The van der Waals surface area contributed by atoms with Gasteiger partial charge in [0.05, 0.1) is 11.4 Å². The number of benzene rings is 10. The average molecular weight is 740 g/mol. The summed E-state index contributed by atoms with van der Waals surface area (Å²) in [5.74, 6) is 0. The van der Waals surface area contributed by atoms with Gasteiger partial charge >= 0.3 is 0 Å². The van der Waals surface area contributed by atoms with Crippen molar-refractivity contribution in [2.45, 2.75) is 19.3 Å². The number of nitrogens with zero attached hydrogens (tertiary/aromatic N) is 1. The van der Waals surface area contributed by atoms with Crippen molar-refractivity contribution in [3.8, 4) is 44.5 Å². The van der Waals surface area contributed by atoms with Crippen molar-refractivity contribution >= 4 is 49.4 Å². The molecular formula is C57H41N. The lowest BCUT2D eigenvalue weighted by atomic mass is 9.82. The van der Waals surface area contributed by atoms with Crippen LogP contribution in [0.5, 0.6) is 0 Å². The van der Waals surface area contributed by atoms with Crippen LogP contribution in [0.2, 0.25) is 0 Å². The molecule has 10 aromatic carbocycles. The molecule has 0 radical (unpaired) electrons. The molecule has 0 fully saturated rings. The molecule has 0 bridgehead atoms. The van der Waals surface area contributed by atoms with Crippen LogP contribution in [-0.4, -0.2) is 0 Å². The van der Waals surface area contributed by atoms with Gasteiger partial charge in [-0.25, -0.2) is 0 Å². The molecule has 0 saturated heterocycles. The molecule has 0 spiro atoms. The first-order valence-corrected chi connectivity index (χ1v) is 20.3. The Morgan fingerprint density at radius 3 is 1.55 bits per heavy atom. The van der Waals surface area contributed by atoms with Crippen molar-refractivity contribution in [3.63, 3.8) is 0 Å². The van der Waals surface area contributed by atoms with E-state index in [-0.39, 0.29) is 5.41 Å². The van der Waals surface area contributed by atoms with Crippen LogP contribution in [0.4, 0.5) is 17.1 Å². The predicted octanol–water partition coefficient (Wildman–Crippen LogP) is 15.9. The molecule has 0 heterocycles. The van der Waals surface area contributed by atoms with E-state index in [0.717, 1.165) is 11.4 Å². The van der Waals surface area contributed by atoms with Gasteiger partial charge in [-0.1, -0.05) is 184 Å². The smallest absolute Gasteiger partial charge is 0.0546 e. The van der Waals surface area contributed by atoms with Gasteiger partial charge in [0.2, 0.25) is 0 Å². The fourth-order valence-corrected chi connectivity index (χ4v) is 9.43. The highest BCUT2D eigenvalue weighted by atomic mass is 15.1. The first-order chi connectivity index (χ1) is 28.5. The van der Waals surface area contributed by atoms with Crippen molar-refractivity contribution in [1.82, 2.24) is 0 Å². The Morgan fingerprint density at radius 2 is 0.845 bits per heavy atom. The first-order valence-electron chi connectivity index (χ1n) is 20.3. The van der Waals surface area contributed by atoms with Gasteiger partial charge in [0.15, 0.2) is 0 Å². The van der Waals surface area contributed by atoms with E-state index in [1.165, 1.54) is 93.6 Å². The van der Waals surface area contributed by atoms with Gasteiger partial charge in [0.1, 0.15) is 0 Å². The van der Waals surface area contributed by atoms with Gasteiger partial charge in [-0.2, -0.15) is 0 Å². The molecule has 58 heavy (non-hydrogen) atoms. The monoisotopic (exact) mass is 739 g/mol. The Kier molecular flexibility index (Phi) is 7.91. The third-order valence-electron chi connectivity index (χ3n) is 12.4. The molecule has 10 aromatic rings. The second-order valence-corrected chi connectivity index (χ2v) is 16.1. The standard InChI is InChI=1S/C57H41N/c1-57(2)51-21-12-22-53(56(51)50-36-45-18-8-9-19-46(45)37-52(50)57)58(48-32-29-42(30-33-48)41-25-23-40(24-26-41)38-13-4-3-5-14-38)54-34-31-43-16-10-11-20-49(43)55(54)47-28-27-39-15-6-7-17-44(39)35-47/h3-37H,1-2H3. The number of hydrogen-bond donors (Lipinski definition) is 0. The number of rotatable bonds is 6. The Morgan fingerprint density at radius 1 is 0.328 bits per heavy atom. The minimum atomic E-state index is -0.170. The van der Waals surface area contributed by atoms with E-state index in [4.69, 9.17) is 0 Å². The van der Waals surface area contributed by atoms with E-state index in [0.29, 0.717) is 0 Å². The zero-order chi connectivity index (χ0) is 38.8. The zero-order valence-electron chi connectivity index (χ0n) is 32.7. The predicted molar refractivity (Wildman–Crippen MR) is 248 cm³/mol. The second kappa shape index (κ2) is 13.5. The molecule has 1 heteroatoms. The summed E-state index contributed by atoms with van der Waals surface area (Å²) in [6.45, 7) is 4.77. The van der Waals surface area contributed by atoms with E-state index in [2.05, 4.69) is 231 Å². The summed E-state index contributed by atoms with van der Waals surface area (Å²) in [5, 5.41) is 7.47. The van der Waals surface area contributed by atoms with E-state index in [1.807, 2.05) is 0 Å². The van der Waals surface area contributed by atoms with Crippen LogP contribution in [-0.2, 0) is 5.41 Å². The van der Waals surface area contributed by atoms with Crippen LogP contribution in [0.25, 0.3) is 76.8 Å². The molecule has 0 saturated carbocycles. The molecule has 0 aliphatic heterocycles. The lowest BCUT2D eigenvalue weighted by molar-refractivity contribution is 0.661. The summed E-state index contributed by atoms with van der Waals surface area (Å²) in [6, 6.07) is 78.3. The van der Waals surface area contributed by atoms with Crippen molar-refractivity contribution in [1.29, 1.82) is 0 Å². The van der Waals surface area contributed by atoms with E-state index < -0.39 is 0 Å². The molecule has 0 aromatic heterocycles. The molecule has 1 nitrogen and oxygen atoms in total. The molecule has 0 amide bonds. The maximum atomic E-state index is 2.53. The van der Waals surface area contributed by atoms with Gasteiger partial charge in [0.25, 0.3) is 0 Å². The molecule has 274 valence electrons. The first kappa shape index (κ1) is 34.1. The number of hydrogen-bond acceptors (Lipinski definition) is 1. The molecule has 1 aliphatic carbocycles. The Hall–Kier alpha value is -7.22. The molecule has 1 aliphatic rings. The topological polar surface area (TPSA) is 3.24 Å². The third-order valence-corrected chi connectivity index (χ3v) is 12.4. The summed E-state index contributed by atoms with van der Waals surface area (Å²) in [6.07, 6.45) is 0. The van der Waals surface area contributed by atoms with Crippen molar-refractivity contribution in [3.05, 3.63) is 223 Å². The maximum absolute atomic E-state index is 2.53. The van der Waals surface area contributed by atoms with Crippen LogP contribution in [0, 0.1) is 0 Å². The second-order valence-electron chi connectivity index (χ2n) is 16.1. The highest BCUT2D eigenvalue weighted by Crippen LogP contribution is 2.56. The number of anilines is 3. The van der Waals surface area contributed by atoms with Gasteiger partial charge in [-0.3, -0.25) is 0 Å². The molecule has 11 rings (SSSR count). The van der Waals surface area contributed by atoms with Gasteiger partial charge in [-0.15, -0.1) is 0 Å². The van der Waals surface area contributed by atoms with Crippen LogP contribution in [0.1, 0.15) is 25.0 Å². The van der Waals surface area contributed by atoms with E-state index >= 15 is 0 Å². The third kappa shape index (κ3) is 5.54. The zero-order valence-corrected chi connectivity index (χ0v) is 32.7. The van der Waals surface area contributed by atoms with Crippen molar-refractivity contribution in [2.75, 3.05) is 4.90 Å². The van der Waals surface area contributed by atoms with Gasteiger partial charge < -0.3 is 4.90 Å². The van der Waals surface area contributed by atoms with Gasteiger partial charge in [0, 0.05) is 22.2 Å². The summed E-state index contributed by atoms with van der Waals surface area (Å²) < 4.78 is 0. The highest BCUT2D eigenvalue weighted by Gasteiger charge is 2.38. The fourth-order valence-electron chi connectivity index (χ4n) is 9.43. The molecular weight excluding hydrogens is 699 g/mol. The summed E-state index contributed by atoms with van der Waals surface area (Å²) in [5.41, 5.74) is 15.8. The Labute approximate surface area is 340 Å². The van der Waals surface area contributed by atoms with E-state index in [1.54, 1.807) is 0 Å². The minimum Gasteiger partial charge on any atom is -0.309 e. The van der Waals surface area contributed by atoms with Crippen molar-refractivity contribution in [2.24, 2.45) is 0 Å². The Bertz CT molecular complexity index is 3170. The largest absolute Gasteiger partial charge is 0.309 e. The summed E-state index contributed by atoms with van der Waals surface area (Å²) >= 11 is 0. The molecule has 0 N–H and O–H groups in total. The summed E-state index contributed by atoms with van der Waals surface area (Å²) in [7, 11) is 0. The lowest BCUT2D eigenvalue weighted by Crippen LogP contribution is -2.16. The molecule has 0 unspecified atom stereocenters. The Balaban J connectivity index is 1.15. The summed E-state index contributed by atoms with van der Waals surface area (Å²) in [4.78, 5) is 2.53. The lowest BCUT2D eigenvalue weighted by Gasteiger charge is -2.31. The fraction of sp³-hybridized carbons (Fsp3) is 0.0526. The SMILES string of the molecule is CC1(C)c2cc3ccccc3cc2-c2c(N(c3ccc(-c4ccc(-c5ccccc5)cc4)cc3)c3ccc4ccccc4c3-c3ccc4ccccc4c3)cccc21. The van der Waals surface area contributed by atoms with E-state index in [9.17, 15) is 0 Å². The molecule has 0 atom stereocenters. The number of fused-ring (bicyclic) bond motifs is 6. The van der Waals surface area contributed by atoms with Crippen LogP contribution in [0.3, 0.4) is 0 Å². The maximum Gasteiger partial charge on any atom is 0.0546 e.